The summed E-state index contributed by atoms with van der Waals surface area (Å²) in [5.74, 6) is 0.947. The Morgan fingerprint density at radius 3 is 2.82 bits per heavy atom. The van der Waals surface area contributed by atoms with Gasteiger partial charge in [0.1, 0.15) is 0 Å². The molecular weight excluding hydrogens is 368 g/mol. The molecule has 8 heteroatoms. The van der Waals surface area contributed by atoms with Crippen LogP contribution in [-0.4, -0.2) is 50.8 Å². The van der Waals surface area contributed by atoms with Gasteiger partial charge in [-0.1, -0.05) is 13.0 Å². The molecule has 0 aliphatic carbocycles. The number of alkyl halides is 2. The summed E-state index contributed by atoms with van der Waals surface area (Å²) in [6.45, 7) is 3.60. The number of likely N-dealkylation sites (tertiary alicyclic amines) is 1. The molecule has 1 fully saturated rings. The van der Waals surface area contributed by atoms with Gasteiger partial charge in [0.15, 0.2) is 11.5 Å². The smallest absolute Gasteiger partial charge is 0.387 e. The number of hydrogen-bond donors (Lipinski definition) is 2. The summed E-state index contributed by atoms with van der Waals surface area (Å²) in [4.78, 5) is 14.4. The van der Waals surface area contributed by atoms with Crippen molar-refractivity contribution >= 4 is 6.03 Å². The van der Waals surface area contributed by atoms with Crippen LogP contribution < -0.4 is 20.1 Å². The van der Waals surface area contributed by atoms with E-state index in [4.69, 9.17) is 4.74 Å². The van der Waals surface area contributed by atoms with Crippen LogP contribution in [0.5, 0.6) is 11.5 Å². The average molecular weight is 399 g/mol. The Bertz CT molecular complexity index is 616. The van der Waals surface area contributed by atoms with Gasteiger partial charge in [-0.3, -0.25) is 0 Å². The molecule has 1 heterocycles. The lowest BCUT2D eigenvalue weighted by atomic mass is 10.0. The van der Waals surface area contributed by atoms with E-state index in [1.807, 2.05) is 0 Å². The van der Waals surface area contributed by atoms with E-state index in [2.05, 4.69) is 27.2 Å². The predicted molar refractivity (Wildman–Crippen MR) is 104 cm³/mol. The van der Waals surface area contributed by atoms with E-state index in [1.54, 1.807) is 6.07 Å². The number of rotatable bonds is 10. The monoisotopic (exact) mass is 399 g/mol. The van der Waals surface area contributed by atoms with Crippen molar-refractivity contribution in [1.29, 1.82) is 0 Å². The molecule has 158 valence electrons. The number of unbranched alkanes of at least 4 members (excludes halogenated alkanes) is 1. The van der Waals surface area contributed by atoms with Crippen LogP contribution in [0.3, 0.4) is 0 Å². The normalized spacial score (nSPS) is 17.4. The fraction of sp³-hybridized carbons (Fsp3) is 0.650. The Hall–Kier alpha value is -2.09. The number of halogens is 2. The van der Waals surface area contributed by atoms with Crippen molar-refractivity contribution in [2.45, 2.75) is 45.8 Å². The third kappa shape index (κ3) is 7.88. The van der Waals surface area contributed by atoms with Crippen LogP contribution in [0, 0.1) is 5.92 Å². The zero-order valence-electron chi connectivity index (χ0n) is 16.7. The quantitative estimate of drug-likeness (QED) is 0.590. The number of ether oxygens (including phenoxy) is 2. The standard InChI is InChI=1S/C20H31F2N3O3/c1-15-6-5-11-25(14-15)10-4-3-9-23-20(26)24-13-16-7-8-17(27-2)18(12-16)28-19(21)22/h7-8,12,15,19H,3-6,9-11,13-14H2,1-2H3,(H2,23,24,26). The number of benzene rings is 1. The van der Waals surface area contributed by atoms with E-state index in [0.717, 1.165) is 25.3 Å². The molecular formula is C20H31F2N3O3. The molecule has 1 aliphatic rings. The molecule has 2 amide bonds. The second-order valence-electron chi connectivity index (χ2n) is 7.23. The number of piperidine rings is 1. The molecule has 0 spiro atoms. The molecule has 1 aromatic rings. The molecule has 1 atom stereocenters. The minimum Gasteiger partial charge on any atom is -0.493 e. The summed E-state index contributed by atoms with van der Waals surface area (Å²) in [6, 6.07) is 4.38. The molecule has 0 bridgehead atoms. The number of hydrogen-bond acceptors (Lipinski definition) is 4. The van der Waals surface area contributed by atoms with Crippen molar-refractivity contribution in [3.63, 3.8) is 0 Å². The third-order valence-electron chi connectivity index (χ3n) is 4.82. The first-order valence-corrected chi connectivity index (χ1v) is 9.83. The summed E-state index contributed by atoms with van der Waals surface area (Å²) in [5.41, 5.74) is 0.644. The molecule has 1 aromatic carbocycles. The maximum absolute atomic E-state index is 12.5. The van der Waals surface area contributed by atoms with Crippen molar-refractivity contribution in [1.82, 2.24) is 15.5 Å². The van der Waals surface area contributed by atoms with E-state index in [1.165, 1.54) is 45.2 Å². The van der Waals surface area contributed by atoms with Gasteiger partial charge in [0.2, 0.25) is 0 Å². The SMILES string of the molecule is COc1ccc(CNC(=O)NCCCCN2CCCC(C)C2)cc1OC(F)F. The Balaban J connectivity index is 1.64. The Morgan fingerprint density at radius 2 is 2.11 bits per heavy atom. The molecule has 1 unspecified atom stereocenters. The van der Waals surface area contributed by atoms with Crippen LogP contribution in [0.4, 0.5) is 13.6 Å². The number of amides is 2. The molecule has 1 saturated heterocycles. The Kier molecular flexibility index (Phi) is 9.27. The fourth-order valence-corrected chi connectivity index (χ4v) is 3.42. The Morgan fingerprint density at radius 1 is 1.29 bits per heavy atom. The van der Waals surface area contributed by atoms with E-state index in [-0.39, 0.29) is 24.1 Å². The average Bonchev–Trinajstić information content (AvgIpc) is 2.66. The van der Waals surface area contributed by atoms with Crippen molar-refractivity contribution in [3.05, 3.63) is 23.8 Å². The number of nitrogens with one attached hydrogen (secondary N) is 2. The number of urea groups is 1. The van der Waals surface area contributed by atoms with Crippen molar-refractivity contribution in [3.8, 4) is 11.5 Å². The second-order valence-corrected chi connectivity index (χ2v) is 7.23. The zero-order chi connectivity index (χ0) is 20.4. The van der Waals surface area contributed by atoms with Crippen LogP contribution >= 0.6 is 0 Å². The maximum atomic E-state index is 12.5. The van der Waals surface area contributed by atoms with Gasteiger partial charge in [0.25, 0.3) is 0 Å². The van der Waals surface area contributed by atoms with Crippen LogP contribution in [0.1, 0.15) is 38.2 Å². The van der Waals surface area contributed by atoms with Gasteiger partial charge in [0.05, 0.1) is 7.11 Å². The lowest BCUT2D eigenvalue weighted by Crippen LogP contribution is -2.37. The number of nitrogens with zero attached hydrogens (tertiary/aromatic N) is 1. The van der Waals surface area contributed by atoms with Crippen molar-refractivity contribution in [2.75, 3.05) is 33.3 Å². The summed E-state index contributed by atoms with van der Waals surface area (Å²) >= 11 is 0. The fourth-order valence-electron chi connectivity index (χ4n) is 3.42. The highest BCUT2D eigenvalue weighted by Gasteiger charge is 2.15. The van der Waals surface area contributed by atoms with Gasteiger partial charge in [0, 0.05) is 19.6 Å². The molecule has 0 radical (unpaired) electrons. The first-order valence-electron chi connectivity index (χ1n) is 9.83. The number of carbonyl (C=O) groups is 1. The van der Waals surface area contributed by atoms with Gasteiger partial charge in [-0.2, -0.15) is 8.78 Å². The highest BCUT2D eigenvalue weighted by atomic mass is 19.3. The highest BCUT2D eigenvalue weighted by Crippen LogP contribution is 2.29. The van der Waals surface area contributed by atoms with Crippen LogP contribution in [0.15, 0.2) is 18.2 Å². The van der Waals surface area contributed by atoms with E-state index < -0.39 is 6.61 Å². The van der Waals surface area contributed by atoms with Gasteiger partial charge in [-0.25, -0.2) is 4.79 Å². The molecule has 0 aromatic heterocycles. The summed E-state index contributed by atoms with van der Waals surface area (Å²) < 4.78 is 34.4. The summed E-state index contributed by atoms with van der Waals surface area (Å²) in [5, 5.41) is 5.54. The minimum absolute atomic E-state index is 0.0516. The van der Waals surface area contributed by atoms with Crippen LogP contribution in [0.2, 0.25) is 0 Å². The molecule has 1 aliphatic heterocycles. The lowest BCUT2D eigenvalue weighted by Gasteiger charge is -2.30. The van der Waals surface area contributed by atoms with Crippen LogP contribution in [-0.2, 0) is 6.54 Å². The van der Waals surface area contributed by atoms with Gasteiger partial charge in [-0.05, 0) is 62.4 Å². The topological polar surface area (TPSA) is 62.8 Å². The first-order chi connectivity index (χ1) is 13.5. The zero-order valence-corrected chi connectivity index (χ0v) is 16.7. The summed E-state index contributed by atoms with van der Waals surface area (Å²) in [7, 11) is 1.38. The van der Waals surface area contributed by atoms with E-state index in [0.29, 0.717) is 12.1 Å². The third-order valence-corrected chi connectivity index (χ3v) is 4.82. The lowest BCUT2D eigenvalue weighted by molar-refractivity contribution is -0.0512. The molecule has 0 saturated carbocycles. The molecule has 28 heavy (non-hydrogen) atoms. The first kappa shape index (κ1) is 22.2. The largest absolute Gasteiger partial charge is 0.493 e. The molecule has 2 rings (SSSR count). The van der Waals surface area contributed by atoms with Gasteiger partial charge < -0.3 is 25.0 Å². The van der Waals surface area contributed by atoms with Gasteiger partial charge in [-0.15, -0.1) is 0 Å². The minimum atomic E-state index is -2.94. The summed E-state index contributed by atoms with van der Waals surface area (Å²) in [6.07, 6.45) is 4.58. The maximum Gasteiger partial charge on any atom is 0.387 e. The van der Waals surface area contributed by atoms with Crippen molar-refractivity contribution < 1.29 is 23.0 Å². The predicted octanol–water partition coefficient (Wildman–Crippen LogP) is 3.61. The van der Waals surface area contributed by atoms with E-state index in [9.17, 15) is 13.6 Å². The molecule has 6 nitrogen and oxygen atoms in total. The second kappa shape index (κ2) is 11.7. The van der Waals surface area contributed by atoms with Gasteiger partial charge >= 0.3 is 12.6 Å². The number of carbonyl (C=O) groups excluding carboxylic acids is 1. The van der Waals surface area contributed by atoms with Crippen LogP contribution in [0.25, 0.3) is 0 Å². The Labute approximate surface area is 165 Å². The van der Waals surface area contributed by atoms with E-state index >= 15 is 0 Å². The molecule has 2 N–H and O–H groups in total. The highest BCUT2D eigenvalue weighted by molar-refractivity contribution is 5.73. The number of methoxy groups -OCH3 is 1. The van der Waals surface area contributed by atoms with Crippen molar-refractivity contribution in [2.24, 2.45) is 5.92 Å².